The fourth-order valence-corrected chi connectivity index (χ4v) is 4.59. The SMILES string of the molecule is CN(C(=O)COc1c(Cl)cccc1Cl)C1CCCCC1N1CCCC1. The third-order valence-electron chi connectivity index (χ3n) is 5.45. The minimum atomic E-state index is -0.0385. The number of carbonyl (C=O) groups is 1. The second-order valence-electron chi connectivity index (χ2n) is 7.01. The average molecular weight is 385 g/mol. The second-order valence-corrected chi connectivity index (χ2v) is 7.82. The number of ether oxygens (including phenoxy) is 1. The van der Waals surface area contributed by atoms with Gasteiger partial charge >= 0.3 is 0 Å². The van der Waals surface area contributed by atoms with Gasteiger partial charge in [-0.25, -0.2) is 0 Å². The Kier molecular flexibility index (Phi) is 6.48. The molecule has 138 valence electrons. The zero-order valence-electron chi connectivity index (χ0n) is 14.7. The topological polar surface area (TPSA) is 32.8 Å². The second kappa shape index (κ2) is 8.61. The maximum absolute atomic E-state index is 12.7. The van der Waals surface area contributed by atoms with Crippen LogP contribution in [0.2, 0.25) is 10.0 Å². The van der Waals surface area contributed by atoms with Gasteiger partial charge in [0.1, 0.15) is 0 Å². The quantitative estimate of drug-likeness (QED) is 0.760. The maximum Gasteiger partial charge on any atom is 0.260 e. The number of amides is 1. The van der Waals surface area contributed by atoms with E-state index >= 15 is 0 Å². The molecule has 25 heavy (non-hydrogen) atoms. The molecule has 4 nitrogen and oxygen atoms in total. The Morgan fingerprint density at radius 1 is 1.16 bits per heavy atom. The van der Waals surface area contributed by atoms with E-state index in [1.54, 1.807) is 18.2 Å². The van der Waals surface area contributed by atoms with Crippen LogP contribution in [0.25, 0.3) is 0 Å². The third-order valence-corrected chi connectivity index (χ3v) is 6.05. The molecule has 1 aromatic carbocycles. The van der Waals surface area contributed by atoms with Crippen LogP contribution in [0.1, 0.15) is 38.5 Å². The van der Waals surface area contributed by atoms with E-state index in [-0.39, 0.29) is 18.6 Å². The van der Waals surface area contributed by atoms with Gasteiger partial charge in [0.15, 0.2) is 12.4 Å². The molecule has 1 heterocycles. The summed E-state index contributed by atoms with van der Waals surface area (Å²) in [5.74, 6) is 0.361. The summed E-state index contributed by atoms with van der Waals surface area (Å²) in [5.41, 5.74) is 0. The standard InChI is InChI=1S/C19H26Cl2N2O2/c1-22(16-9-2-3-10-17(16)23-11-4-5-12-23)18(24)13-25-19-14(20)7-6-8-15(19)21/h6-8,16-17H,2-5,9-13H2,1H3. The van der Waals surface area contributed by atoms with E-state index in [4.69, 9.17) is 27.9 Å². The van der Waals surface area contributed by atoms with Gasteiger partial charge < -0.3 is 9.64 Å². The molecule has 0 radical (unpaired) electrons. The maximum atomic E-state index is 12.7. The van der Waals surface area contributed by atoms with Crippen LogP contribution in [0.4, 0.5) is 0 Å². The Morgan fingerprint density at radius 3 is 2.48 bits per heavy atom. The first-order valence-electron chi connectivity index (χ1n) is 9.14. The zero-order valence-corrected chi connectivity index (χ0v) is 16.2. The van der Waals surface area contributed by atoms with Crippen LogP contribution in [0, 0.1) is 0 Å². The van der Waals surface area contributed by atoms with Gasteiger partial charge in [-0.05, 0) is 50.9 Å². The highest BCUT2D eigenvalue weighted by Crippen LogP contribution is 2.33. The summed E-state index contributed by atoms with van der Waals surface area (Å²) in [6, 6.07) is 5.93. The molecule has 1 saturated heterocycles. The number of likely N-dealkylation sites (tertiary alicyclic amines) is 1. The molecular weight excluding hydrogens is 359 g/mol. The molecule has 2 unspecified atom stereocenters. The number of nitrogens with zero attached hydrogens (tertiary/aromatic N) is 2. The van der Waals surface area contributed by atoms with Crippen molar-refractivity contribution in [2.75, 3.05) is 26.7 Å². The predicted molar refractivity (Wildman–Crippen MR) is 102 cm³/mol. The molecule has 2 atom stereocenters. The Bertz CT molecular complexity index is 585. The van der Waals surface area contributed by atoms with Crippen LogP contribution in [0.5, 0.6) is 5.75 Å². The van der Waals surface area contributed by atoms with Gasteiger partial charge in [0.2, 0.25) is 0 Å². The summed E-state index contributed by atoms with van der Waals surface area (Å²) in [6.07, 6.45) is 7.23. The van der Waals surface area contributed by atoms with Crippen LogP contribution >= 0.6 is 23.2 Å². The first-order chi connectivity index (χ1) is 12.1. The van der Waals surface area contributed by atoms with E-state index < -0.39 is 0 Å². The number of rotatable bonds is 5. The van der Waals surface area contributed by atoms with E-state index in [9.17, 15) is 4.79 Å². The minimum Gasteiger partial charge on any atom is -0.481 e. The van der Waals surface area contributed by atoms with Gasteiger partial charge in [-0.2, -0.15) is 0 Å². The molecule has 0 bridgehead atoms. The molecule has 1 saturated carbocycles. The summed E-state index contributed by atoms with van der Waals surface area (Å²) >= 11 is 12.2. The Hall–Kier alpha value is -0.970. The molecule has 1 aliphatic heterocycles. The fraction of sp³-hybridized carbons (Fsp3) is 0.632. The van der Waals surface area contributed by atoms with Crippen molar-refractivity contribution < 1.29 is 9.53 Å². The first-order valence-corrected chi connectivity index (χ1v) is 9.90. The summed E-state index contributed by atoms with van der Waals surface area (Å²) in [5, 5.41) is 0.853. The van der Waals surface area contributed by atoms with Crippen molar-refractivity contribution in [3.63, 3.8) is 0 Å². The first kappa shape index (κ1) is 18.8. The monoisotopic (exact) mass is 384 g/mol. The minimum absolute atomic E-state index is 0.0212. The lowest BCUT2D eigenvalue weighted by molar-refractivity contribution is -0.136. The normalized spacial score (nSPS) is 24.3. The van der Waals surface area contributed by atoms with Crippen molar-refractivity contribution in [1.29, 1.82) is 0 Å². The number of likely N-dealkylation sites (N-methyl/N-ethyl adjacent to an activating group) is 1. The highest BCUT2D eigenvalue weighted by atomic mass is 35.5. The summed E-state index contributed by atoms with van der Waals surface area (Å²) in [6.45, 7) is 2.28. The van der Waals surface area contributed by atoms with E-state index in [1.807, 2.05) is 11.9 Å². The van der Waals surface area contributed by atoms with Crippen LogP contribution in [0.3, 0.4) is 0 Å². The van der Waals surface area contributed by atoms with Gasteiger partial charge in [0, 0.05) is 19.1 Å². The predicted octanol–water partition coefficient (Wildman–Crippen LogP) is 4.24. The fourth-order valence-electron chi connectivity index (χ4n) is 4.08. The lowest BCUT2D eigenvalue weighted by Gasteiger charge is -2.42. The zero-order chi connectivity index (χ0) is 17.8. The van der Waals surface area contributed by atoms with Gasteiger partial charge in [-0.1, -0.05) is 42.1 Å². The smallest absolute Gasteiger partial charge is 0.260 e. The molecule has 0 aromatic heterocycles. The third kappa shape index (κ3) is 4.42. The van der Waals surface area contributed by atoms with Crippen molar-refractivity contribution >= 4 is 29.1 Å². The van der Waals surface area contributed by atoms with Gasteiger partial charge in [0.25, 0.3) is 5.91 Å². The Labute approximate surface area is 160 Å². The van der Waals surface area contributed by atoms with Crippen LogP contribution in [-0.4, -0.2) is 54.5 Å². The largest absolute Gasteiger partial charge is 0.481 e. The van der Waals surface area contributed by atoms with Crippen molar-refractivity contribution in [2.24, 2.45) is 0 Å². The molecule has 1 aromatic rings. The molecular formula is C19H26Cl2N2O2. The number of hydrogen-bond acceptors (Lipinski definition) is 3. The van der Waals surface area contributed by atoms with Crippen LogP contribution in [-0.2, 0) is 4.79 Å². The molecule has 2 fully saturated rings. The van der Waals surface area contributed by atoms with Gasteiger partial charge in [0.05, 0.1) is 10.0 Å². The van der Waals surface area contributed by atoms with E-state index in [0.29, 0.717) is 21.8 Å². The Balaban J connectivity index is 1.62. The molecule has 0 N–H and O–H groups in total. The number of hydrogen-bond donors (Lipinski definition) is 0. The van der Waals surface area contributed by atoms with Crippen LogP contribution in [0.15, 0.2) is 18.2 Å². The van der Waals surface area contributed by atoms with Crippen molar-refractivity contribution in [3.05, 3.63) is 28.2 Å². The summed E-state index contributed by atoms with van der Waals surface area (Å²) in [4.78, 5) is 17.1. The van der Waals surface area contributed by atoms with E-state index in [2.05, 4.69) is 4.90 Å². The van der Waals surface area contributed by atoms with E-state index in [1.165, 1.54) is 32.1 Å². The number of para-hydroxylation sites is 1. The highest BCUT2D eigenvalue weighted by Gasteiger charge is 2.35. The molecule has 6 heteroatoms. The molecule has 1 aliphatic carbocycles. The number of halogens is 2. The number of carbonyl (C=O) groups excluding carboxylic acids is 1. The van der Waals surface area contributed by atoms with E-state index in [0.717, 1.165) is 19.5 Å². The van der Waals surface area contributed by atoms with Gasteiger partial charge in [-0.3, -0.25) is 9.69 Å². The summed E-state index contributed by atoms with van der Waals surface area (Å²) < 4.78 is 5.63. The average Bonchev–Trinajstić information content (AvgIpc) is 3.15. The van der Waals surface area contributed by atoms with Gasteiger partial charge in [-0.15, -0.1) is 0 Å². The molecule has 0 spiro atoms. The summed E-state index contributed by atoms with van der Waals surface area (Å²) in [7, 11) is 1.90. The number of benzene rings is 1. The lowest BCUT2D eigenvalue weighted by atomic mass is 9.88. The van der Waals surface area contributed by atoms with Crippen LogP contribution < -0.4 is 4.74 Å². The van der Waals surface area contributed by atoms with Crippen molar-refractivity contribution in [2.45, 2.75) is 50.6 Å². The molecule has 2 aliphatic rings. The molecule has 1 amide bonds. The lowest BCUT2D eigenvalue weighted by Crippen LogP contribution is -2.54. The highest BCUT2D eigenvalue weighted by molar-refractivity contribution is 6.37. The van der Waals surface area contributed by atoms with Crippen molar-refractivity contribution in [1.82, 2.24) is 9.80 Å². The Morgan fingerprint density at radius 2 is 1.80 bits per heavy atom. The van der Waals surface area contributed by atoms with Crippen molar-refractivity contribution in [3.8, 4) is 5.75 Å². The molecule has 3 rings (SSSR count).